The van der Waals surface area contributed by atoms with Gasteiger partial charge >= 0.3 is 5.97 Å². The van der Waals surface area contributed by atoms with Crippen LogP contribution in [-0.4, -0.2) is 18.4 Å². The summed E-state index contributed by atoms with van der Waals surface area (Å²) in [6.07, 6.45) is 2.01. The van der Waals surface area contributed by atoms with Crippen molar-refractivity contribution in [1.29, 1.82) is 0 Å². The molecule has 11 heavy (non-hydrogen) atoms. The molecular weight excluding hydrogens is 208 g/mol. The van der Waals surface area contributed by atoms with Gasteiger partial charge in [-0.25, -0.2) is 0 Å². The number of esters is 1. The molecule has 0 bridgehead atoms. The van der Waals surface area contributed by atoms with Crippen LogP contribution < -0.4 is 0 Å². The summed E-state index contributed by atoms with van der Waals surface area (Å²) < 4.78 is 4.46. The zero-order valence-electron chi connectivity index (χ0n) is 6.52. The molecule has 0 unspecified atom stereocenters. The Morgan fingerprint density at radius 2 is 2.27 bits per heavy atom. The monoisotopic (exact) mass is 218 g/mol. The van der Waals surface area contributed by atoms with E-state index in [1.54, 1.807) is 0 Å². The molecule has 0 saturated heterocycles. The Hall–Kier alpha value is -0.490. The fourth-order valence-electron chi connectivity index (χ4n) is 0.559. The SMILES string of the molecule is COC(=O)CCCC#CCBr. The van der Waals surface area contributed by atoms with Crippen LogP contribution in [0.5, 0.6) is 0 Å². The Morgan fingerprint density at radius 3 is 2.82 bits per heavy atom. The molecule has 0 N–H and O–H groups in total. The van der Waals surface area contributed by atoms with Gasteiger partial charge in [0.1, 0.15) is 0 Å². The Balaban J connectivity index is 3.21. The minimum absolute atomic E-state index is 0.161. The van der Waals surface area contributed by atoms with E-state index < -0.39 is 0 Å². The summed E-state index contributed by atoms with van der Waals surface area (Å²) in [6.45, 7) is 0. The quantitative estimate of drug-likeness (QED) is 0.312. The number of ether oxygens (including phenoxy) is 1. The smallest absolute Gasteiger partial charge is 0.305 e. The lowest BCUT2D eigenvalue weighted by Crippen LogP contribution is -1.98. The van der Waals surface area contributed by atoms with Crippen LogP contribution >= 0.6 is 15.9 Å². The number of alkyl halides is 1. The Kier molecular flexibility index (Phi) is 7.28. The highest BCUT2D eigenvalue weighted by Crippen LogP contribution is 1.95. The maximum absolute atomic E-state index is 10.6. The lowest BCUT2D eigenvalue weighted by molar-refractivity contribution is -0.140. The third kappa shape index (κ3) is 7.41. The van der Waals surface area contributed by atoms with Gasteiger partial charge in [0.2, 0.25) is 0 Å². The van der Waals surface area contributed by atoms with Crippen molar-refractivity contribution < 1.29 is 9.53 Å². The highest BCUT2D eigenvalue weighted by molar-refractivity contribution is 9.09. The molecule has 0 aliphatic rings. The summed E-state index contributed by atoms with van der Waals surface area (Å²) >= 11 is 3.18. The van der Waals surface area contributed by atoms with Crippen molar-refractivity contribution in [2.75, 3.05) is 12.4 Å². The summed E-state index contributed by atoms with van der Waals surface area (Å²) in [5, 5.41) is 0.700. The van der Waals surface area contributed by atoms with Gasteiger partial charge in [-0.2, -0.15) is 0 Å². The van der Waals surface area contributed by atoms with E-state index in [1.165, 1.54) is 7.11 Å². The van der Waals surface area contributed by atoms with Crippen molar-refractivity contribution in [3.63, 3.8) is 0 Å². The van der Waals surface area contributed by atoms with Crippen LogP contribution in [0.4, 0.5) is 0 Å². The van der Waals surface area contributed by atoms with Gasteiger partial charge in [-0.15, -0.1) is 5.92 Å². The van der Waals surface area contributed by atoms with Crippen LogP contribution in [0.2, 0.25) is 0 Å². The molecule has 0 rings (SSSR count). The number of unbranched alkanes of at least 4 members (excludes halogenated alkanes) is 1. The average molecular weight is 219 g/mol. The summed E-state index contributed by atoms with van der Waals surface area (Å²) in [4.78, 5) is 10.6. The van der Waals surface area contributed by atoms with Gasteiger partial charge in [-0.05, 0) is 6.42 Å². The van der Waals surface area contributed by atoms with E-state index >= 15 is 0 Å². The standard InChI is InChI=1S/C8H11BrO2/c1-11-8(10)6-4-2-3-5-7-9/h2,4,6-7H2,1H3. The normalized spacial score (nSPS) is 8.18. The molecule has 0 fully saturated rings. The van der Waals surface area contributed by atoms with Gasteiger partial charge in [0.25, 0.3) is 0 Å². The van der Waals surface area contributed by atoms with E-state index in [2.05, 4.69) is 32.5 Å². The predicted molar refractivity (Wildman–Crippen MR) is 47.4 cm³/mol. The summed E-state index contributed by atoms with van der Waals surface area (Å²) in [6, 6.07) is 0. The Bertz CT molecular complexity index is 167. The summed E-state index contributed by atoms with van der Waals surface area (Å²) in [5.41, 5.74) is 0. The molecule has 0 heterocycles. The Labute approximate surface area is 75.4 Å². The minimum atomic E-state index is -0.161. The summed E-state index contributed by atoms with van der Waals surface area (Å²) in [7, 11) is 1.40. The van der Waals surface area contributed by atoms with Crippen LogP contribution in [0, 0.1) is 11.8 Å². The van der Waals surface area contributed by atoms with Crippen molar-refractivity contribution in [3.8, 4) is 11.8 Å². The molecule has 0 aliphatic carbocycles. The Morgan fingerprint density at radius 1 is 1.55 bits per heavy atom. The van der Waals surface area contributed by atoms with Crippen LogP contribution in [-0.2, 0) is 9.53 Å². The van der Waals surface area contributed by atoms with Gasteiger partial charge < -0.3 is 4.74 Å². The van der Waals surface area contributed by atoms with Crippen LogP contribution in [0.25, 0.3) is 0 Å². The second kappa shape index (κ2) is 7.62. The molecule has 2 nitrogen and oxygen atoms in total. The number of halogens is 1. The number of hydrogen-bond acceptors (Lipinski definition) is 2. The predicted octanol–water partition coefficient (Wildman–Crippen LogP) is 1.73. The van der Waals surface area contributed by atoms with Crippen LogP contribution in [0.3, 0.4) is 0 Å². The molecule has 0 aromatic rings. The minimum Gasteiger partial charge on any atom is -0.469 e. The number of methoxy groups -OCH3 is 1. The van der Waals surface area contributed by atoms with Gasteiger partial charge in [-0.3, -0.25) is 4.79 Å². The second-order valence-electron chi connectivity index (χ2n) is 1.92. The van der Waals surface area contributed by atoms with Crippen molar-refractivity contribution in [3.05, 3.63) is 0 Å². The first kappa shape index (κ1) is 10.5. The van der Waals surface area contributed by atoms with E-state index in [0.29, 0.717) is 11.8 Å². The molecule has 0 atom stereocenters. The fraction of sp³-hybridized carbons (Fsp3) is 0.625. The highest BCUT2D eigenvalue weighted by Gasteiger charge is 1.96. The van der Waals surface area contributed by atoms with E-state index in [-0.39, 0.29) is 5.97 Å². The number of rotatable bonds is 3. The van der Waals surface area contributed by atoms with Crippen molar-refractivity contribution in [2.24, 2.45) is 0 Å². The number of hydrogen-bond donors (Lipinski definition) is 0. The van der Waals surface area contributed by atoms with Crippen LogP contribution in [0.1, 0.15) is 19.3 Å². The largest absolute Gasteiger partial charge is 0.469 e. The average Bonchev–Trinajstić information content (AvgIpc) is 2.04. The lowest BCUT2D eigenvalue weighted by atomic mass is 10.2. The topological polar surface area (TPSA) is 26.3 Å². The molecule has 0 saturated carbocycles. The van der Waals surface area contributed by atoms with Gasteiger partial charge in [0.15, 0.2) is 0 Å². The molecule has 3 heteroatoms. The molecule has 0 aromatic carbocycles. The first-order valence-corrected chi connectivity index (χ1v) is 4.52. The maximum Gasteiger partial charge on any atom is 0.305 e. The molecule has 0 spiro atoms. The molecule has 62 valence electrons. The van der Waals surface area contributed by atoms with E-state index in [4.69, 9.17) is 0 Å². The third-order valence-corrected chi connectivity index (χ3v) is 1.38. The maximum atomic E-state index is 10.6. The van der Waals surface area contributed by atoms with E-state index in [1.807, 2.05) is 0 Å². The first-order valence-electron chi connectivity index (χ1n) is 3.39. The van der Waals surface area contributed by atoms with E-state index in [0.717, 1.165) is 12.8 Å². The summed E-state index contributed by atoms with van der Waals surface area (Å²) in [5.74, 6) is 5.60. The van der Waals surface area contributed by atoms with Crippen molar-refractivity contribution in [2.45, 2.75) is 19.3 Å². The van der Waals surface area contributed by atoms with Crippen molar-refractivity contribution in [1.82, 2.24) is 0 Å². The van der Waals surface area contributed by atoms with Gasteiger partial charge in [0.05, 0.1) is 12.4 Å². The third-order valence-electron chi connectivity index (χ3n) is 1.10. The molecular formula is C8H11BrO2. The second-order valence-corrected chi connectivity index (χ2v) is 2.48. The van der Waals surface area contributed by atoms with Crippen LogP contribution in [0.15, 0.2) is 0 Å². The fourth-order valence-corrected chi connectivity index (χ4v) is 0.757. The zero-order chi connectivity index (χ0) is 8.53. The molecule has 0 aliphatic heterocycles. The molecule has 0 radical (unpaired) electrons. The highest BCUT2D eigenvalue weighted by atomic mass is 79.9. The number of carbonyl (C=O) groups excluding carboxylic acids is 1. The van der Waals surface area contributed by atoms with Gasteiger partial charge in [0, 0.05) is 12.8 Å². The number of carbonyl (C=O) groups is 1. The zero-order valence-corrected chi connectivity index (χ0v) is 8.11. The lowest BCUT2D eigenvalue weighted by Gasteiger charge is -1.93. The molecule has 0 amide bonds. The van der Waals surface area contributed by atoms with Crippen molar-refractivity contribution >= 4 is 21.9 Å². The van der Waals surface area contributed by atoms with Gasteiger partial charge in [-0.1, -0.05) is 21.9 Å². The molecule has 0 aromatic heterocycles. The first-order chi connectivity index (χ1) is 5.31. The van der Waals surface area contributed by atoms with E-state index in [9.17, 15) is 4.79 Å².